The smallest absolute Gasteiger partial charge is 0.306 e. The quantitative estimate of drug-likeness (QED) is 0.546. The van der Waals surface area contributed by atoms with Gasteiger partial charge in [0.15, 0.2) is 0 Å². The van der Waals surface area contributed by atoms with Gasteiger partial charge in [-0.05, 0) is 31.1 Å². The summed E-state index contributed by atoms with van der Waals surface area (Å²) in [5, 5.41) is 0. The Balaban J connectivity index is 1.81. The number of hydrogen-bond donors (Lipinski definition) is 0. The van der Waals surface area contributed by atoms with Crippen molar-refractivity contribution in [3.05, 3.63) is 12.2 Å². The molecule has 19 heavy (non-hydrogen) atoms. The topological polar surface area (TPSA) is 43.4 Å². The third-order valence-electron chi connectivity index (χ3n) is 4.40. The van der Waals surface area contributed by atoms with Crippen LogP contribution in [0.2, 0.25) is 0 Å². The molecule has 3 nitrogen and oxygen atoms in total. The molecule has 1 saturated carbocycles. The summed E-state index contributed by atoms with van der Waals surface area (Å²) in [5.41, 5.74) is 0. The molecular weight excluding hydrogens is 240 g/mol. The highest BCUT2D eigenvalue weighted by atomic mass is 16.6. The normalized spacial score (nSPS) is 33.7. The molecule has 2 rings (SSSR count). The van der Waals surface area contributed by atoms with Gasteiger partial charge in [0.1, 0.15) is 11.9 Å². The van der Waals surface area contributed by atoms with Gasteiger partial charge in [0, 0.05) is 18.8 Å². The molecule has 0 spiro atoms. The van der Waals surface area contributed by atoms with Crippen LogP contribution in [0, 0.1) is 17.8 Å². The van der Waals surface area contributed by atoms with E-state index in [2.05, 4.69) is 19.1 Å². The number of ether oxygens (including phenoxy) is 1. The largest absolute Gasteiger partial charge is 0.462 e. The molecule has 0 bridgehead atoms. The number of rotatable bonds is 6. The van der Waals surface area contributed by atoms with Gasteiger partial charge in [0.2, 0.25) is 0 Å². The molecule has 1 saturated heterocycles. The lowest BCUT2D eigenvalue weighted by Crippen LogP contribution is -2.13. The maximum Gasteiger partial charge on any atom is 0.306 e. The van der Waals surface area contributed by atoms with Gasteiger partial charge >= 0.3 is 5.97 Å². The molecule has 0 amide bonds. The highest BCUT2D eigenvalue weighted by molar-refractivity contribution is 5.78. The van der Waals surface area contributed by atoms with Gasteiger partial charge in [-0.1, -0.05) is 26.0 Å². The number of carbonyl (C=O) groups excluding carboxylic acids is 2. The molecule has 0 aromatic carbocycles. The van der Waals surface area contributed by atoms with Crippen LogP contribution in [0.1, 0.15) is 52.4 Å². The molecule has 1 aliphatic heterocycles. The number of carbonyl (C=O) groups is 2. The number of fused-ring (bicyclic) bond motifs is 1. The van der Waals surface area contributed by atoms with E-state index in [1.807, 2.05) is 6.92 Å². The SMILES string of the molecule is CCCC(=O)CCC=C[C@@H]1[C@H]2CC(=O)O[C@@H]2C[C@H]1C. The summed E-state index contributed by atoms with van der Waals surface area (Å²) in [5.74, 6) is 1.69. The number of allylic oxidation sites excluding steroid dienone is 2. The first-order chi connectivity index (χ1) is 9.11. The van der Waals surface area contributed by atoms with E-state index in [9.17, 15) is 9.59 Å². The molecule has 2 fully saturated rings. The van der Waals surface area contributed by atoms with Gasteiger partial charge in [-0.3, -0.25) is 9.59 Å². The summed E-state index contributed by atoms with van der Waals surface area (Å²) in [6.45, 7) is 4.26. The third kappa shape index (κ3) is 3.46. The van der Waals surface area contributed by atoms with Crippen LogP contribution in [0.25, 0.3) is 0 Å². The Morgan fingerprint density at radius 3 is 2.95 bits per heavy atom. The summed E-state index contributed by atoms with van der Waals surface area (Å²) in [7, 11) is 0. The van der Waals surface area contributed by atoms with Gasteiger partial charge < -0.3 is 4.74 Å². The van der Waals surface area contributed by atoms with E-state index in [-0.39, 0.29) is 12.1 Å². The van der Waals surface area contributed by atoms with Gasteiger partial charge in [0.25, 0.3) is 0 Å². The van der Waals surface area contributed by atoms with E-state index in [1.165, 1.54) is 0 Å². The molecule has 2 aliphatic rings. The average Bonchev–Trinajstić information content (AvgIpc) is 2.81. The first kappa shape index (κ1) is 14.3. The standard InChI is InChI=1S/C16H24O3/c1-3-6-12(17)7-4-5-8-13-11(2)9-15-14(13)10-16(18)19-15/h5,8,11,13-15H,3-4,6-7,9-10H2,1-2H3/t11-,13+,14-,15-/m1/s1. The Morgan fingerprint density at radius 2 is 2.21 bits per heavy atom. The summed E-state index contributed by atoms with van der Waals surface area (Å²) >= 11 is 0. The lowest BCUT2D eigenvalue weighted by Gasteiger charge is -2.15. The van der Waals surface area contributed by atoms with Crippen molar-refractivity contribution in [2.75, 3.05) is 0 Å². The fraction of sp³-hybridized carbons (Fsp3) is 0.750. The van der Waals surface area contributed by atoms with Crippen molar-refractivity contribution in [1.82, 2.24) is 0 Å². The lowest BCUT2D eigenvalue weighted by molar-refractivity contribution is -0.141. The minimum atomic E-state index is -0.0431. The van der Waals surface area contributed by atoms with Crippen molar-refractivity contribution in [1.29, 1.82) is 0 Å². The molecule has 0 N–H and O–H groups in total. The van der Waals surface area contributed by atoms with Gasteiger partial charge in [-0.15, -0.1) is 0 Å². The second kappa shape index (κ2) is 6.36. The van der Waals surface area contributed by atoms with Gasteiger partial charge in [-0.25, -0.2) is 0 Å². The van der Waals surface area contributed by atoms with Crippen LogP contribution >= 0.6 is 0 Å². The average molecular weight is 264 g/mol. The number of ketones is 1. The fourth-order valence-corrected chi connectivity index (χ4v) is 3.41. The first-order valence-corrected chi connectivity index (χ1v) is 7.49. The Hall–Kier alpha value is -1.12. The molecule has 0 aromatic heterocycles. The van der Waals surface area contributed by atoms with Gasteiger partial charge in [0.05, 0.1) is 6.42 Å². The van der Waals surface area contributed by atoms with Crippen molar-refractivity contribution < 1.29 is 14.3 Å². The lowest BCUT2D eigenvalue weighted by atomic mass is 9.88. The minimum absolute atomic E-state index is 0.0431. The molecular formula is C16H24O3. The zero-order valence-corrected chi connectivity index (χ0v) is 11.9. The van der Waals surface area contributed by atoms with E-state index >= 15 is 0 Å². The van der Waals surface area contributed by atoms with Crippen molar-refractivity contribution in [2.24, 2.45) is 17.8 Å². The van der Waals surface area contributed by atoms with E-state index in [4.69, 9.17) is 4.74 Å². The van der Waals surface area contributed by atoms with E-state index in [0.717, 1.165) is 19.3 Å². The number of Topliss-reactive ketones (excluding diaryl/α,β-unsaturated/α-hetero) is 1. The zero-order chi connectivity index (χ0) is 13.8. The summed E-state index contributed by atoms with van der Waals surface area (Å²) in [4.78, 5) is 22.7. The molecule has 1 aliphatic carbocycles. The Bertz CT molecular complexity index is 372. The summed E-state index contributed by atoms with van der Waals surface area (Å²) in [6, 6.07) is 0. The van der Waals surface area contributed by atoms with E-state index in [1.54, 1.807) is 0 Å². The predicted octanol–water partition coefficient (Wildman–Crippen LogP) is 3.28. The molecule has 0 unspecified atom stereocenters. The van der Waals surface area contributed by atoms with Crippen LogP contribution < -0.4 is 0 Å². The third-order valence-corrected chi connectivity index (χ3v) is 4.40. The van der Waals surface area contributed by atoms with E-state index in [0.29, 0.717) is 42.8 Å². The second-order valence-electron chi connectivity index (χ2n) is 5.94. The zero-order valence-electron chi connectivity index (χ0n) is 11.9. The van der Waals surface area contributed by atoms with Crippen LogP contribution in [-0.4, -0.2) is 17.9 Å². The molecule has 0 radical (unpaired) electrons. The molecule has 0 aromatic rings. The van der Waals surface area contributed by atoms with Crippen molar-refractivity contribution in [3.8, 4) is 0 Å². The Kier molecular flexibility index (Phi) is 4.78. The Morgan fingerprint density at radius 1 is 1.42 bits per heavy atom. The van der Waals surface area contributed by atoms with Crippen LogP contribution in [0.5, 0.6) is 0 Å². The maximum atomic E-state index is 11.4. The van der Waals surface area contributed by atoms with Crippen LogP contribution in [-0.2, 0) is 14.3 Å². The van der Waals surface area contributed by atoms with Crippen molar-refractivity contribution >= 4 is 11.8 Å². The monoisotopic (exact) mass is 264 g/mol. The fourth-order valence-electron chi connectivity index (χ4n) is 3.41. The predicted molar refractivity (Wildman–Crippen MR) is 73.5 cm³/mol. The van der Waals surface area contributed by atoms with Crippen LogP contribution in [0.3, 0.4) is 0 Å². The second-order valence-corrected chi connectivity index (χ2v) is 5.94. The van der Waals surface area contributed by atoms with Gasteiger partial charge in [-0.2, -0.15) is 0 Å². The summed E-state index contributed by atoms with van der Waals surface area (Å²) < 4.78 is 5.34. The highest BCUT2D eigenvalue weighted by Gasteiger charge is 2.47. The van der Waals surface area contributed by atoms with Crippen molar-refractivity contribution in [2.45, 2.75) is 58.5 Å². The Labute approximate surface area is 115 Å². The molecule has 106 valence electrons. The maximum absolute atomic E-state index is 11.4. The number of hydrogen-bond acceptors (Lipinski definition) is 3. The molecule has 4 atom stereocenters. The summed E-state index contributed by atoms with van der Waals surface area (Å²) in [6.07, 6.45) is 9.14. The molecule has 3 heteroatoms. The van der Waals surface area contributed by atoms with Crippen molar-refractivity contribution in [3.63, 3.8) is 0 Å². The highest BCUT2D eigenvalue weighted by Crippen LogP contribution is 2.45. The minimum Gasteiger partial charge on any atom is -0.462 e. The van der Waals surface area contributed by atoms with Crippen LogP contribution in [0.4, 0.5) is 0 Å². The van der Waals surface area contributed by atoms with Crippen LogP contribution in [0.15, 0.2) is 12.2 Å². The first-order valence-electron chi connectivity index (χ1n) is 7.49. The molecule has 1 heterocycles. The van der Waals surface area contributed by atoms with E-state index < -0.39 is 0 Å². The number of esters is 1.